The van der Waals surface area contributed by atoms with Crippen LogP contribution in [0.25, 0.3) is 0 Å². The van der Waals surface area contributed by atoms with Gasteiger partial charge in [-0.05, 0) is 17.7 Å². The topological polar surface area (TPSA) is 40.5 Å². The second-order valence-corrected chi connectivity index (χ2v) is 3.83. The van der Waals surface area contributed by atoms with E-state index in [9.17, 15) is 5.11 Å². The van der Waals surface area contributed by atoms with Crippen LogP contribution in [0.5, 0.6) is 0 Å². The maximum absolute atomic E-state index is 9.85. The first-order chi connectivity index (χ1) is 6.12. The lowest BCUT2D eigenvalue weighted by molar-refractivity contribution is 0.00321. The van der Waals surface area contributed by atoms with Crippen molar-refractivity contribution in [2.45, 2.75) is 5.60 Å². The van der Waals surface area contributed by atoms with Crippen molar-refractivity contribution in [3.63, 3.8) is 0 Å². The zero-order chi connectivity index (χ0) is 9.90. The van der Waals surface area contributed by atoms with Gasteiger partial charge in [0.25, 0.3) is 0 Å². The highest BCUT2D eigenvalue weighted by molar-refractivity contribution is 9.09. The van der Waals surface area contributed by atoms with Crippen molar-refractivity contribution in [1.29, 1.82) is 0 Å². The average molecular weight is 266 g/mol. The molecule has 0 aromatic heterocycles. The van der Waals surface area contributed by atoms with Crippen LogP contribution in [-0.2, 0) is 5.60 Å². The molecule has 0 spiro atoms. The molecule has 4 heteroatoms. The minimum absolute atomic E-state index is 0.290. The zero-order valence-electron chi connectivity index (χ0n) is 6.87. The molecule has 1 aromatic rings. The Kier molecular flexibility index (Phi) is 3.74. The predicted octanol–water partition coefficient (Wildman–Crippen LogP) is 1.91. The Bertz CT molecular complexity index is 269. The molecule has 0 fully saturated rings. The van der Waals surface area contributed by atoms with Gasteiger partial charge in [0, 0.05) is 10.4 Å². The molecule has 0 saturated heterocycles. The molecule has 0 radical (unpaired) electrons. The van der Waals surface area contributed by atoms with Gasteiger partial charge in [-0.2, -0.15) is 0 Å². The molecule has 0 bridgehead atoms. The van der Waals surface area contributed by atoms with Crippen molar-refractivity contribution in [3.05, 3.63) is 34.9 Å². The summed E-state index contributed by atoms with van der Waals surface area (Å²) in [6.45, 7) is -0.320. The van der Waals surface area contributed by atoms with Crippen LogP contribution in [0.15, 0.2) is 24.3 Å². The van der Waals surface area contributed by atoms with Crippen molar-refractivity contribution in [2.24, 2.45) is 0 Å². The van der Waals surface area contributed by atoms with E-state index in [0.717, 1.165) is 0 Å². The van der Waals surface area contributed by atoms with Crippen molar-refractivity contribution >= 4 is 27.5 Å². The van der Waals surface area contributed by atoms with E-state index in [2.05, 4.69) is 15.9 Å². The molecule has 2 nitrogen and oxygen atoms in total. The van der Waals surface area contributed by atoms with E-state index >= 15 is 0 Å². The summed E-state index contributed by atoms with van der Waals surface area (Å²) >= 11 is 8.84. The minimum atomic E-state index is -1.22. The Morgan fingerprint density at radius 3 is 2.23 bits per heavy atom. The van der Waals surface area contributed by atoms with Gasteiger partial charge in [-0.15, -0.1) is 0 Å². The number of aliphatic hydroxyl groups is 2. The molecule has 0 saturated carbocycles. The highest BCUT2D eigenvalue weighted by atomic mass is 79.9. The number of aliphatic hydroxyl groups excluding tert-OH is 1. The van der Waals surface area contributed by atoms with E-state index in [1.807, 2.05) is 0 Å². The summed E-state index contributed by atoms with van der Waals surface area (Å²) < 4.78 is 0. The summed E-state index contributed by atoms with van der Waals surface area (Å²) in [4.78, 5) is 0. The fourth-order valence-corrected chi connectivity index (χ4v) is 1.60. The molecular weight excluding hydrogens is 255 g/mol. The molecule has 1 rings (SSSR count). The lowest BCUT2D eigenvalue weighted by Crippen LogP contribution is -2.31. The van der Waals surface area contributed by atoms with Crippen molar-refractivity contribution in [3.8, 4) is 0 Å². The van der Waals surface area contributed by atoms with E-state index in [0.29, 0.717) is 10.6 Å². The largest absolute Gasteiger partial charge is 0.393 e. The molecule has 0 aliphatic carbocycles. The van der Waals surface area contributed by atoms with Crippen LogP contribution in [0.2, 0.25) is 5.02 Å². The van der Waals surface area contributed by atoms with E-state index in [4.69, 9.17) is 16.7 Å². The van der Waals surface area contributed by atoms with Crippen molar-refractivity contribution < 1.29 is 10.2 Å². The van der Waals surface area contributed by atoms with Gasteiger partial charge in [-0.3, -0.25) is 0 Å². The Morgan fingerprint density at radius 2 is 1.85 bits per heavy atom. The second-order valence-electron chi connectivity index (χ2n) is 2.83. The first-order valence-electron chi connectivity index (χ1n) is 3.77. The summed E-state index contributed by atoms with van der Waals surface area (Å²) in [5.41, 5.74) is -0.568. The molecule has 1 aromatic carbocycles. The highest BCUT2D eigenvalue weighted by Crippen LogP contribution is 2.24. The molecule has 0 aliphatic heterocycles. The SMILES string of the molecule is OC[C@](O)(CBr)c1ccc(Cl)cc1. The van der Waals surface area contributed by atoms with Crippen molar-refractivity contribution in [1.82, 2.24) is 0 Å². The zero-order valence-corrected chi connectivity index (χ0v) is 9.22. The van der Waals surface area contributed by atoms with Gasteiger partial charge in [-0.25, -0.2) is 0 Å². The normalized spacial score (nSPS) is 15.4. The van der Waals surface area contributed by atoms with Crippen LogP contribution >= 0.6 is 27.5 Å². The summed E-state index contributed by atoms with van der Waals surface area (Å²) in [5.74, 6) is 0. The fraction of sp³-hybridized carbons (Fsp3) is 0.333. The molecule has 72 valence electrons. The second kappa shape index (κ2) is 4.42. The van der Waals surface area contributed by atoms with Crippen LogP contribution in [0, 0.1) is 0 Å². The summed E-state index contributed by atoms with van der Waals surface area (Å²) in [5, 5.41) is 19.7. The lowest BCUT2D eigenvalue weighted by Gasteiger charge is -2.23. The Morgan fingerprint density at radius 1 is 1.31 bits per heavy atom. The Labute approximate surface area is 90.3 Å². The van der Waals surface area contributed by atoms with Crippen molar-refractivity contribution in [2.75, 3.05) is 11.9 Å². The van der Waals surface area contributed by atoms with Crippen LogP contribution < -0.4 is 0 Å². The minimum Gasteiger partial charge on any atom is -0.393 e. The molecule has 1 atom stereocenters. The fourth-order valence-electron chi connectivity index (χ4n) is 0.971. The van der Waals surface area contributed by atoms with Gasteiger partial charge in [-0.1, -0.05) is 39.7 Å². The lowest BCUT2D eigenvalue weighted by atomic mass is 9.97. The maximum atomic E-state index is 9.85. The quantitative estimate of drug-likeness (QED) is 0.820. The molecule has 0 amide bonds. The van der Waals surface area contributed by atoms with E-state index < -0.39 is 5.60 Å². The number of hydrogen-bond donors (Lipinski definition) is 2. The summed E-state index contributed by atoms with van der Waals surface area (Å²) in [6, 6.07) is 6.75. The molecule has 13 heavy (non-hydrogen) atoms. The standard InChI is InChI=1S/C9H10BrClO2/c10-5-9(13,6-12)7-1-3-8(11)4-2-7/h1-4,12-13H,5-6H2/t9-/m1/s1. The van der Waals surface area contributed by atoms with Gasteiger partial charge in [0.1, 0.15) is 5.60 Å². The first kappa shape index (κ1) is 11.0. The number of halogens is 2. The van der Waals surface area contributed by atoms with Crippen LogP contribution in [0.3, 0.4) is 0 Å². The highest BCUT2D eigenvalue weighted by Gasteiger charge is 2.26. The number of hydrogen-bond acceptors (Lipinski definition) is 2. The number of rotatable bonds is 3. The third kappa shape index (κ3) is 2.44. The molecule has 0 aliphatic rings. The van der Waals surface area contributed by atoms with E-state index in [-0.39, 0.29) is 11.9 Å². The Balaban J connectivity index is 2.99. The molecule has 0 heterocycles. The van der Waals surface area contributed by atoms with E-state index in [1.165, 1.54) is 0 Å². The van der Waals surface area contributed by atoms with E-state index in [1.54, 1.807) is 24.3 Å². The monoisotopic (exact) mass is 264 g/mol. The van der Waals surface area contributed by atoms with Gasteiger partial charge in [0.05, 0.1) is 6.61 Å². The van der Waals surface area contributed by atoms with Crippen LogP contribution in [-0.4, -0.2) is 22.2 Å². The van der Waals surface area contributed by atoms with Crippen LogP contribution in [0.4, 0.5) is 0 Å². The van der Waals surface area contributed by atoms with Gasteiger partial charge < -0.3 is 10.2 Å². The average Bonchev–Trinajstić information content (AvgIpc) is 2.18. The van der Waals surface area contributed by atoms with Gasteiger partial charge >= 0.3 is 0 Å². The van der Waals surface area contributed by atoms with Gasteiger partial charge in [0.15, 0.2) is 0 Å². The third-order valence-electron chi connectivity index (χ3n) is 1.86. The molecule has 2 N–H and O–H groups in total. The summed E-state index contributed by atoms with van der Waals surface area (Å²) in [6.07, 6.45) is 0. The predicted molar refractivity (Wildman–Crippen MR) is 56.2 cm³/mol. The van der Waals surface area contributed by atoms with Gasteiger partial charge in [0.2, 0.25) is 0 Å². The molecular formula is C9H10BrClO2. The number of alkyl halides is 1. The third-order valence-corrected chi connectivity index (χ3v) is 3.04. The summed E-state index contributed by atoms with van der Waals surface area (Å²) in [7, 11) is 0. The maximum Gasteiger partial charge on any atom is 0.122 e. The number of benzene rings is 1. The Hall–Kier alpha value is -0.0900. The van der Waals surface area contributed by atoms with Crippen LogP contribution in [0.1, 0.15) is 5.56 Å². The smallest absolute Gasteiger partial charge is 0.122 e. The first-order valence-corrected chi connectivity index (χ1v) is 5.27. The molecule has 0 unspecified atom stereocenters.